The zero-order valence-electron chi connectivity index (χ0n) is 12.9. The third-order valence-electron chi connectivity index (χ3n) is 4.14. The van der Waals surface area contributed by atoms with Gasteiger partial charge in [-0.25, -0.2) is 9.67 Å². The molecule has 0 saturated carbocycles. The molecule has 0 radical (unpaired) electrons. The highest BCUT2D eigenvalue weighted by atomic mass is 16.5. The summed E-state index contributed by atoms with van der Waals surface area (Å²) in [6.07, 6.45) is 3.23. The summed E-state index contributed by atoms with van der Waals surface area (Å²) in [6.45, 7) is 4.73. The van der Waals surface area contributed by atoms with E-state index in [0.29, 0.717) is 30.6 Å². The number of ether oxygens (including phenoxy) is 1. The highest BCUT2D eigenvalue weighted by molar-refractivity contribution is 5.82. The van der Waals surface area contributed by atoms with Crippen molar-refractivity contribution in [3.63, 3.8) is 0 Å². The Morgan fingerprint density at radius 1 is 1.48 bits per heavy atom. The van der Waals surface area contributed by atoms with E-state index >= 15 is 0 Å². The number of hydrogen-bond donors (Lipinski definition) is 2. The Balaban J connectivity index is 1.67. The molecular weight excluding hydrogens is 298 g/mol. The average molecular weight is 315 g/mol. The summed E-state index contributed by atoms with van der Waals surface area (Å²) in [5.41, 5.74) is -0.770. The summed E-state index contributed by atoms with van der Waals surface area (Å²) < 4.78 is 12.6. The van der Waals surface area contributed by atoms with Gasteiger partial charge in [0.15, 0.2) is 17.2 Å². The Morgan fingerprint density at radius 2 is 2.30 bits per heavy atom. The van der Waals surface area contributed by atoms with E-state index in [0.717, 1.165) is 5.76 Å². The molecule has 1 amide bonds. The number of aromatic nitrogens is 3. The molecule has 2 aliphatic rings. The van der Waals surface area contributed by atoms with Crippen molar-refractivity contribution in [2.24, 2.45) is 5.92 Å². The zero-order valence-corrected chi connectivity index (χ0v) is 12.9. The first-order valence-corrected chi connectivity index (χ1v) is 7.42. The highest BCUT2D eigenvalue weighted by Gasteiger charge is 2.39. The van der Waals surface area contributed by atoms with Crippen LogP contribution in [0.1, 0.15) is 24.3 Å². The molecule has 1 fully saturated rings. The summed E-state index contributed by atoms with van der Waals surface area (Å²) in [7, 11) is 0. The Kier molecular flexibility index (Phi) is 3.02. The lowest BCUT2D eigenvalue weighted by atomic mass is 10.1. The van der Waals surface area contributed by atoms with E-state index in [1.54, 1.807) is 10.8 Å². The van der Waals surface area contributed by atoms with E-state index in [1.165, 1.54) is 6.33 Å². The lowest BCUT2D eigenvalue weighted by Gasteiger charge is -2.35. The fraction of sp³-hybridized carbons (Fsp3) is 0.400. The number of hydrogen-bond acceptors (Lipinski definition) is 6. The van der Waals surface area contributed by atoms with Crippen molar-refractivity contribution >= 4 is 12.0 Å². The summed E-state index contributed by atoms with van der Waals surface area (Å²) in [5, 5.41) is 10.5. The monoisotopic (exact) mass is 315 g/mol. The zero-order chi connectivity index (χ0) is 16.0. The van der Waals surface area contributed by atoms with Crippen LogP contribution in [0, 0.1) is 12.8 Å². The van der Waals surface area contributed by atoms with Gasteiger partial charge in [0.2, 0.25) is 5.91 Å². The summed E-state index contributed by atoms with van der Waals surface area (Å²) in [5.74, 6) is 2.53. The molecule has 4 rings (SSSR count). The van der Waals surface area contributed by atoms with E-state index in [4.69, 9.17) is 9.15 Å². The maximum Gasteiger partial charge on any atom is 0.233 e. The molecule has 2 aromatic rings. The van der Waals surface area contributed by atoms with Gasteiger partial charge in [-0.3, -0.25) is 4.79 Å². The number of aryl methyl sites for hydroxylation is 1. The van der Waals surface area contributed by atoms with Gasteiger partial charge in [0.1, 0.15) is 17.9 Å². The predicted octanol–water partition coefficient (Wildman–Crippen LogP) is 0.565. The maximum absolute atomic E-state index is 12.2. The standard InChI is InChI=1S/C15H17N5O3/c1-9-3-4-11(23-9)15(2)19-12(5-13-16-8-17-20(13)15)18-14(21)10-6-22-7-10/h3-5,8,10,19H,6-7H2,1-2H3,(H,18,21). The van der Waals surface area contributed by atoms with E-state index in [-0.39, 0.29) is 11.8 Å². The summed E-state index contributed by atoms with van der Waals surface area (Å²) in [4.78, 5) is 16.4. The molecule has 8 nitrogen and oxygen atoms in total. The molecule has 23 heavy (non-hydrogen) atoms. The van der Waals surface area contributed by atoms with Crippen LogP contribution in [0.3, 0.4) is 0 Å². The van der Waals surface area contributed by atoms with Crippen LogP contribution in [0.15, 0.2) is 28.7 Å². The smallest absolute Gasteiger partial charge is 0.233 e. The van der Waals surface area contributed by atoms with Gasteiger partial charge in [-0.05, 0) is 26.0 Å². The van der Waals surface area contributed by atoms with Gasteiger partial charge in [0, 0.05) is 6.08 Å². The Hall–Kier alpha value is -2.61. The van der Waals surface area contributed by atoms with Crippen molar-refractivity contribution in [3.05, 3.63) is 41.6 Å². The molecule has 1 saturated heterocycles. The molecule has 4 heterocycles. The van der Waals surface area contributed by atoms with Crippen molar-refractivity contribution in [1.82, 2.24) is 25.4 Å². The second-order valence-corrected chi connectivity index (χ2v) is 5.92. The number of rotatable bonds is 3. The summed E-state index contributed by atoms with van der Waals surface area (Å²) >= 11 is 0. The van der Waals surface area contributed by atoms with Crippen LogP contribution >= 0.6 is 0 Å². The van der Waals surface area contributed by atoms with Crippen molar-refractivity contribution in [1.29, 1.82) is 0 Å². The number of nitrogens with zero attached hydrogens (tertiary/aromatic N) is 3. The third-order valence-corrected chi connectivity index (χ3v) is 4.14. The van der Waals surface area contributed by atoms with Crippen molar-refractivity contribution in [3.8, 4) is 0 Å². The van der Waals surface area contributed by atoms with Crippen LogP contribution in [0.4, 0.5) is 0 Å². The fourth-order valence-corrected chi connectivity index (χ4v) is 2.73. The molecule has 120 valence electrons. The lowest BCUT2D eigenvalue weighted by Crippen LogP contribution is -2.53. The number of carbonyl (C=O) groups excluding carboxylic acids is 1. The van der Waals surface area contributed by atoms with Crippen LogP contribution < -0.4 is 10.6 Å². The summed E-state index contributed by atoms with van der Waals surface area (Å²) in [6, 6.07) is 3.78. The topological polar surface area (TPSA) is 94.2 Å². The van der Waals surface area contributed by atoms with E-state index in [9.17, 15) is 4.79 Å². The largest absolute Gasteiger partial charge is 0.462 e. The number of fused-ring (bicyclic) bond motifs is 1. The van der Waals surface area contributed by atoms with Crippen LogP contribution in [-0.2, 0) is 15.2 Å². The molecule has 0 aromatic carbocycles. The molecule has 2 aliphatic heterocycles. The quantitative estimate of drug-likeness (QED) is 0.860. The number of amides is 1. The third kappa shape index (κ3) is 2.22. The Bertz CT molecular complexity index is 789. The predicted molar refractivity (Wildman–Crippen MR) is 79.8 cm³/mol. The number of nitrogens with one attached hydrogen (secondary N) is 2. The van der Waals surface area contributed by atoms with Gasteiger partial charge >= 0.3 is 0 Å². The van der Waals surface area contributed by atoms with E-state index in [1.807, 2.05) is 26.0 Å². The van der Waals surface area contributed by atoms with E-state index in [2.05, 4.69) is 20.7 Å². The van der Waals surface area contributed by atoms with Crippen LogP contribution in [-0.4, -0.2) is 33.9 Å². The SMILES string of the molecule is Cc1ccc(C2(C)NC(NC(=O)C3COC3)=Cc3ncnn32)o1. The molecule has 0 aliphatic carbocycles. The van der Waals surface area contributed by atoms with Crippen molar-refractivity contribution in [2.45, 2.75) is 19.5 Å². The molecule has 1 atom stereocenters. The minimum atomic E-state index is -0.770. The van der Waals surface area contributed by atoms with Gasteiger partial charge in [-0.2, -0.15) is 5.10 Å². The minimum Gasteiger partial charge on any atom is -0.462 e. The van der Waals surface area contributed by atoms with Crippen LogP contribution in [0.25, 0.3) is 6.08 Å². The normalized spacial score (nSPS) is 23.5. The van der Waals surface area contributed by atoms with Crippen molar-refractivity contribution in [2.75, 3.05) is 13.2 Å². The minimum absolute atomic E-state index is 0.0686. The van der Waals surface area contributed by atoms with Gasteiger partial charge < -0.3 is 19.8 Å². The van der Waals surface area contributed by atoms with Gasteiger partial charge in [-0.1, -0.05) is 0 Å². The number of carbonyl (C=O) groups is 1. The average Bonchev–Trinajstić information content (AvgIpc) is 3.05. The van der Waals surface area contributed by atoms with E-state index < -0.39 is 5.66 Å². The fourth-order valence-electron chi connectivity index (χ4n) is 2.73. The Labute approximate surface area is 132 Å². The molecule has 2 N–H and O–H groups in total. The first kappa shape index (κ1) is 14.0. The Morgan fingerprint density at radius 3 is 2.96 bits per heavy atom. The second kappa shape index (κ2) is 4.95. The van der Waals surface area contributed by atoms with Crippen molar-refractivity contribution < 1.29 is 13.9 Å². The molecule has 0 spiro atoms. The van der Waals surface area contributed by atoms with Gasteiger partial charge in [0.25, 0.3) is 0 Å². The first-order chi connectivity index (χ1) is 11.1. The number of furan rings is 1. The van der Waals surface area contributed by atoms with Crippen LogP contribution in [0.5, 0.6) is 0 Å². The lowest BCUT2D eigenvalue weighted by molar-refractivity contribution is -0.138. The molecule has 1 unspecified atom stereocenters. The molecule has 0 bridgehead atoms. The first-order valence-electron chi connectivity index (χ1n) is 7.42. The molecular formula is C15H17N5O3. The maximum atomic E-state index is 12.2. The van der Waals surface area contributed by atoms with Gasteiger partial charge in [-0.15, -0.1) is 0 Å². The van der Waals surface area contributed by atoms with Gasteiger partial charge in [0.05, 0.1) is 19.1 Å². The molecule has 2 aromatic heterocycles. The molecule has 8 heteroatoms. The second-order valence-electron chi connectivity index (χ2n) is 5.92. The van der Waals surface area contributed by atoms with Crippen LogP contribution in [0.2, 0.25) is 0 Å². The highest BCUT2D eigenvalue weighted by Crippen LogP contribution is 2.29.